The van der Waals surface area contributed by atoms with Crippen LogP contribution in [0.25, 0.3) is 5.57 Å². The zero-order chi connectivity index (χ0) is 9.42. The predicted molar refractivity (Wildman–Crippen MR) is 57.2 cm³/mol. The van der Waals surface area contributed by atoms with E-state index in [1.807, 2.05) is 13.0 Å². The fourth-order valence-electron chi connectivity index (χ4n) is 1.56. The van der Waals surface area contributed by atoms with Gasteiger partial charge in [-0.2, -0.15) is 0 Å². The molecule has 0 saturated carbocycles. The summed E-state index contributed by atoms with van der Waals surface area (Å²) in [4.78, 5) is 0. The van der Waals surface area contributed by atoms with Gasteiger partial charge in [-0.15, -0.1) is 0 Å². The number of rotatable bonds is 1. The normalized spacial score (nSPS) is 15.0. The molecule has 1 aliphatic rings. The van der Waals surface area contributed by atoms with Crippen molar-refractivity contribution in [3.05, 3.63) is 29.3 Å². The maximum atomic E-state index is 5.93. The van der Waals surface area contributed by atoms with Gasteiger partial charge in [-0.1, -0.05) is 18.2 Å². The van der Waals surface area contributed by atoms with Crippen molar-refractivity contribution in [3.63, 3.8) is 0 Å². The van der Waals surface area contributed by atoms with Crippen molar-refractivity contribution in [1.82, 2.24) is 0 Å². The van der Waals surface area contributed by atoms with Gasteiger partial charge in [0.2, 0.25) is 0 Å². The van der Waals surface area contributed by atoms with Crippen LogP contribution in [0.5, 0.6) is 0 Å². The fourth-order valence-corrected chi connectivity index (χ4v) is 1.56. The van der Waals surface area contributed by atoms with Crippen LogP contribution in [0.2, 0.25) is 0 Å². The Labute approximate surface area is 78.2 Å². The van der Waals surface area contributed by atoms with E-state index in [1.165, 1.54) is 12.0 Å². The van der Waals surface area contributed by atoms with Gasteiger partial charge in [-0.3, -0.25) is 0 Å². The molecule has 2 heteroatoms. The topological polar surface area (TPSA) is 52.0 Å². The summed E-state index contributed by atoms with van der Waals surface area (Å²) in [7, 11) is 0. The summed E-state index contributed by atoms with van der Waals surface area (Å²) in [5.74, 6) is 0. The van der Waals surface area contributed by atoms with E-state index in [-0.39, 0.29) is 0 Å². The second-order valence-corrected chi connectivity index (χ2v) is 3.53. The minimum absolute atomic E-state index is 0.727. The first-order valence-electron chi connectivity index (χ1n) is 4.54. The summed E-state index contributed by atoms with van der Waals surface area (Å²) >= 11 is 0. The third-order valence-electron chi connectivity index (χ3n) is 2.66. The highest BCUT2D eigenvalue weighted by atomic mass is 14.7. The molecule has 0 atom stereocenters. The lowest BCUT2D eigenvalue weighted by molar-refractivity contribution is 0.989. The Hall–Kier alpha value is -1.44. The average molecular weight is 174 g/mol. The van der Waals surface area contributed by atoms with E-state index in [0.29, 0.717) is 0 Å². The predicted octanol–water partition coefficient (Wildman–Crippen LogP) is 2.34. The molecule has 1 aromatic rings. The summed E-state index contributed by atoms with van der Waals surface area (Å²) in [5, 5.41) is 0. The number of aryl methyl sites for hydroxylation is 1. The summed E-state index contributed by atoms with van der Waals surface area (Å²) in [6.45, 7) is 1.98. The highest BCUT2D eigenvalue weighted by Crippen LogP contribution is 2.35. The molecule has 0 heterocycles. The summed E-state index contributed by atoms with van der Waals surface area (Å²) in [6, 6.07) is 4.09. The Bertz CT molecular complexity index is 378. The lowest BCUT2D eigenvalue weighted by Crippen LogP contribution is -2.03. The third-order valence-corrected chi connectivity index (χ3v) is 2.66. The van der Waals surface area contributed by atoms with Gasteiger partial charge in [-0.25, -0.2) is 0 Å². The summed E-state index contributed by atoms with van der Waals surface area (Å²) in [5.41, 5.74) is 16.8. The number of nitrogens with two attached hydrogens (primary N) is 2. The van der Waals surface area contributed by atoms with Gasteiger partial charge in [0.05, 0.1) is 11.4 Å². The number of allylic oxidation sites excluding steroid dienone is 2. The maximum absolute atomic E-state index is 5.93. The van der Waals surface area contributed by atoms with Crippen LogP contribution >= 0.6 is 0 Å². The molecule has 2 nitrogen and oxygen atoms in total. The molecule has 1 aromatic carbocycles. The Kier molecular flexibility index (Phi) is 1.76. The molecule has 0 aromatic heterocycles. The average Bonchev–Trinajstić information content (AvgIpc) is 2.03. The van der Waals surface area contributed by atoms with Gasteiger partial charge in [0.1, 0.15) is 0 Å². The molecule has 4 N–H and O–H groups in total. The number of hydrogen-bond acceptors (Lipinski definition) is 2. The Balaban J connectivity index is 2.53. The fraction of sp³-hybridized carbons (Fsp3) is 0.273. The molecule has 68 valence electrons. The number of nitrogen functional groups attached to an aromatic ring is 2. The van der Waals surface area contributed by atoms with Crippen LogP contribution in [0.1, 0.15) is 24.0 Å². The van der Waals surface area contributed by atoms with Crippen molar-refractivity contribution in [2.24, 2.45) is 0 Å². The first-order valence-corrected chi connectivity index (χ1v) is 4.54. The van der Waals surface area contributed by atoms with E-state index < -0.39 is 0 Å². The first-order chi connectivity index (χ1) is 6.20. The van der Waals surface area contributed by atoms with Gasteiger partial charge in [0, 0.05) is 5.56 Å². The van der Waals surface area contributed by atoms with E-state index in [0.717, 1.165) is 28.9 Å². The lowest BCUT2D eigenvalue weighted by Gasteiger charge is -2.18. The second-order valence-electron chi connectivity index (χ2n) is 3.53. The molecular weight excluding hydrogens is 160 g/mol. The molecule has 1 aliphatic carbocycles. The van der Waals surface area contributed by atoms with E-state index in [2.05, 4.69) is 12.1 Å². The Morgan fingerprint density at radius 2 is 1.85 bits per heavy atom. The van der Waals surface area contributed by atoms with Crippen molar-refractivity contribution in [2.75, 3.05) is 11.5 Å². The molecule has 0 radical (unpaired) electrons. The minimum atomic E-state index is 0.727. The molecule has 0 bridgehead atoms. The van der Waals surface area contributed by atoms with Crippen LogP contribution < -0.4 is 11.5 Å². The maximum Gasteiger partial charge on any atom is 0.0626 e. The van der Waals surface area contributed by atoms with Gasteiger partial charge in [0.25, 0.3) is 0 Å². The summed E-state index contributed by atoms with van der Waals surface area (Å²) in [6.07, 6.45) is 4.51. The van der Waals surface area contributed by atoms with Crippen molar-refractivity contribution in [3.8, 4) is 0 Å². The highest BCUT2D eigenvalue weighted by molar-refractivity contribution is 5.85. The zero-order valence-electron chi connectivity index (χ0n) is 7.80. The van der Waals surface area contributed by atoms with Crippen molar-refractivity contribution in [2.45, 2.75) is 19.8 Å². The highest BCUT2D eigenvalue weighted by Gasteiger charge is 2.13. The standard InChI is InChI=1S/C11H14N2/c1-7-5-6-9(8-3-2-4-8)11(13)10(7)12/h3,5-6H,2,4,12-13H2,1H3. The molecule has 2 rings (SSSR count). The molecule has 0 amide bonds. The van der Waals surface area contributed by atoms with Crippen LogP contribution in [0.3, 0.4) is 0 Å². The van der Waals surface area contributed by atoms with Crippen LogP contribution in [-0.4, -0.2) is 0 Å². The molecule has 0 aliphatic heterocycles. The van der Waals surface area contributed by atoms with Crippen molar-refractivity contribution >= 4 is 16.9 Å². The van der Waals surface area contributed by atoms with Gasteiger partial charge < -0.3 is 11.5 Å². The SMILES string of the molecule is Cc1ccc(C2=CCC2)c(N)c1N. The van der Waals surface area contributed by atoms with Crippen LogP contribution in [0, 0.1) is 6.92 Å². The first kappa shape index (κ1) is 8.17. The molecular formula is C11H14N2. The van der Waals surface area contributed by atoms with Crippen molar-refractivity contribution < 1.29 is 0 Å². The number of benzene rings is 1. The molecule has 0 saturated heterocycles. The van der Waals surface area contributed by atoms with Crippen LogP contribution in [0.4, 0.5) is 11.4 Å². The number of hydrogen-bond donors (Lipinski definition) is 2. The van der Waals surface area contributed by atoms with Gasteiger partial charge >= 0.3 is 0 Å². The van der Waals surface area contributed by atoms with E-state index >= 15 is 0 Å². The number of anilines is 2. The summed E-state index contributed by atoms with van der Waals surface area (Å²) < 4.78 is 0. The van der Waals surface area contributed by atoms with E-state index in [1.54, 1.807) is 0 Å². The Morgan fingerprint density at radius 3 is 2.38 bits per heavy atom. The molecule has 0 fully saturated rings. The minimum Gasteiger partial charge on any atom is -0.397 e. The van der Waals surface area contributed by atoms with E-state index in [4.69, 9.17) is 11.5 Å². The molecule has 0 unspecified atom stereocenters. The third kappa shape index (κ3) is 1.18. The van der Waals surface area contributed by atoms with Gasteiger partial charge in [-0.05, 0) is 30.9 Å². The zero-order valence-corrected chi connectivity index (χ0v) is 7.80. The van der Waals surface area contributed by atoms with Gasteiger partial charge in [0.15, 0.2) is 0 Å². The largest absolute Gasteiger partial charge is 0.397 e. The Morgan fingerprint density at radius 1 is 1.15 bits per heavy atom. The quantitative estimate of drug-likeness (QED) is 0.642. The monoisotopic (exact) mass is 174 g/mol. The second kappa shape index (κ2) is 2.80. The molecule has 13 heavy (non-hydrogen) atoms. The van der Waals surface area contributed by atoms with Crippen LogP contribution in [-0.2, 0) is 0 Å². The lowest BCUT2D eigenvalue weighted by atomic mass is 9.90. The van der Waals surface area contributed by atoms with Crippen molar-refractivity contribution in [1.29, 1.82) is 0 Å². The smallest absolute Gasteiger partial charge is 0.0626 e. The van der Waals surface area contributed by atoms with Crippen LogP contribution in [0.15, 0.2) is 18.2 Å². The molecule has 0 spiro atoms. The van der Waals surface area contributed by atoms with E-state index in [9.17, 15) is 0 Å².